The molecule has 0 bridgehead atoms. The highest BCUT2D eigenvalue weighted by atomic mass is 16.5. The fourth-order valence-corrected chi connectivity index (χ4v) is 1.76. The van der Waals surface area contributed by atoms with Gasteiger partial charge in [0.1, 0.15) is 0 Å². The molecule has 15 heavy (non-hydrogen) atoms. The average molecular weight is 204 g/mol. The van der Waals surface area contributed by atoms with Crippen LogP contribution in [-0.4, -0.2) is 11.2 Å². The monoisotopic (exact) mass is 204 g/mol. The molecule has 1 aliphatic carbocycles. The highest BCUT2D eigenvalue weighted by Gasteiger charge is 2.31. The van der Waals surface area contributed by atoms with Gasteiger partial charge in [0.25, 0.3) is 0 Å². The third kappa shape index (κ3) is 2.60. The minimum absolute atomic E-state index is 0.255. The molecule has 0 spiro atoms. The van der Waals surface area contributed by atoms with Gasteiger partial charge in [0, 0.05) is 5.92 Å². The Kier molecular flexibility index (Phi) is 3.07. The molecular weight excluding hydrogens is 188 g/mol. The first-order chi connectivity index (χ1) is 7.25. The van der Waals surface area contributed by atoms with Gasteiger partial charge in [-0.25, -0.2) is 0 Å². The number of aliphatic hydroxyl groups is 1. The largest absolute Gasteiger partial charge is 0.513 e. The first-order valence-corrected chi connectivity index (χ1v) is 5.29. The Bertz CT molecular complexity index is 326. The van der Waals surface area contributed by atoms with Crippen LogP contribution in [0.15, 0.2) is 42.7 Å². The quantitative estimate of drug-likeness (QED) is 0.764. The molecule has 1 aliphatic rings. The molecular formula is C13H16O2. The number of ether oxygens (including phenoxy) is 1. The normalized spacial score (nSPS) is 24.5. The van der Waals surface area contributed by atoms with Crippen molar-refractivity contribution < 1.29 is 9.84 Å². The van der Waals surface area contributed by atoms with Gasteiger partial charge in [0.2, 0.25) is 0 Å². The van der Waals surface area contributed by atoms with E-state index >= 15 is 0 Å². The minimum Gasteiger partial charge on any atom is -0.513 e. The first kappa shape index (κ1) is 10.2. The van der Waals surface area contributed by atoms with Crippen LogP contribution in [0.3, 0.4) is 0 Å². The average Bonchev–Trinajstić information content (AvgIpc) is 2.16. The molecule has 0 heterocycles. The molecule has 0 aromatic heterocycles. The number of hydrogen-bond acceptors (Lipinski definition) is 2. The van der Waals surface area contributed by atoms with Crippen molar-refractivity contribution in [3.05, 3.63) is 48.2 Å². The second kappa shape index (κ2) is 4.49. The predicted octanol–water partition coefficient (Wildman–Crippen LogP) is 3.05. The van der Waals surface area contributed by atoms with Crippen LogP contribution in [0.2, 0.25) is 0 Å². The summed E-state index contributed by atoms with van der Waals surface area (Å²) in [5, 5.41) is 9.13. The number of allylic oxidation sites excluding steroid dienone is 1. The fourth-order valence-electron chi connectivity index (χ4n) is 1.76. The molecule has 1 fully saturated rings. The van der Waals surface area contributed by atoms with Crippen molar-refractivity contribution in [1.82, 2.24) is 0 Å². The lowest BCUT2D eigenvalue weighted by Crippen LogP contribution is -2.32. The standard InChI is InChI=1S/C13H16O2/c1-10(14)12-7-13(8-12)15-9-11-5-3-2-4-6-11/h2-6,12-14H,1,7-9H2. The predicted molar refractivity (Wildman–Crippen MR) is 59.5 cm³/mol. The van der Waals surface area contributed by atoms with Crippen LogP contribution in [0.1, 0.15) is 18.4 Å². The lowest BCUT2D eigenvalue weighted by atomic mass is 9.81. The zero-order valence-electron chi connectivity index (χ0n) is 8.73. The summed E-state index contributed by atoms with van der Waals surface area (Å²) in [7, 11) is 0. The van der Waals surface area contributed by atoms with Crippen LogP contribution in [0, 0.1) is 5.92 Å². The molecule has 80 valence electrons. The van der Waals surface area contributed by atoms with Gasteiger partial charge in [-0.3, -0.25) is 0 Å². The third-order valence-corrected chi connectivity index (χ3v) is 2.89. The Morgan fingerprint density at radius 2 is 2.00 bits per heavy atom. The van der Waals surface area contributed by atoms with Crippen molar-refractivity contribution in [3.63, 3.8) is 0 Å². The molecule has 2 nitrogen and oxygen atoms in total. The molecule has 1 aromatic carbocycles. The van der Waals surface area contributed by atoms with Crippen LogP contribution in [0.4, 0.5) is 0 Å². The van der Waals surface area contributed by atoms with Crippen LogP contribution >= 0.6 is 0 Å². The van der Waals surface area contributed by atoms with Crippen LogP contribution < -0.4 is 0 Å². The van der Waals surface area contributed by atoms with E-state index < -0.39 is 0 Å². The van der Waals surface area contributed by atoms with E-state index in [1.165, 1.54) is 5.56 Å². The Morgan fingerprint density at radius 1 is 1.33 bits per heavy atom. The zero-order valence-corrected chi connectivity index (χ0v) is 8.73. The van der Waals surface area contributed by atoms with E-state index in [9.17, 15) is 0 Å². The van der Waals surface area contributed by atoms with E-state index in [0.717, 1.165) is 12.8 Å². The number of hydrogen-bond donors (Lipinski definition) is 1. The summed E-state index contributed by atoms with van der Waals surface area (Å²) in [6, 6.07) is 10.1. The Balaban J connectivity index is 1.71. The third-order valence-electron chi connectivity index (χ3n) is 2.89. The van der Waals surface area contributed by atoms with Gasteiger partial charge in [-0.2, -0.15) is 0 Å². The van der Waals surface area contributed by atoms with Crippen molar-refractivity contribution in [1.29, 1.82) is 0 Å². The summed E-state index contributed by atoms with van der Waals surface area (Å²) in [6.07, 6.45) is 2.10. The summed E-state index contributed by atoms with van der Waals surface area (Å²) in [6.45, 7) is 4.19. The van der Waals surface area contributed by atoms with Crippen LogP contribution in [-0.2, 0) is 11.3 Å². The molecule has 0 saturated heterocycles. The van der Waals surface area contributed by atoms with Crippen molar-refractivity contribution >= 4 is 0 Å². The van der Waals surface area contributed by atoms with E-state index in [-0.39, 0.29) is 5.92 Å². The molecule has 0 aliphatic heterocycles. The summed E-state index contributed by atoms with van der Waals surface area (Å²) in [5.74, 6) is 0.556. The smallest absolute Gasteiger partial charge is 0.0883 e. The molecule has 2 heteroatoms. The maximum Gasteiger partial charge on any atom is 0.0883 e. The minimum atomic E-state index is 0.255. The molecule has 2 rings (SSSR count). The van der Waals surface area contributed by atoms with Gasteiger partial charge in [-0.05, 0) is 18.4 Å². The number of rotatable bonds is 4. The number of benzene rings is 1. The van der Waals surface area contributed by atoms with Crippen LogP contribution in [0.5, 0.6) is 0 Å². The van der Waals surface area contributed by atoms with E-state index in [1.807, 2.05) is 18.2 Å². The molecule has 0 atom stereocenters. The molecule has 0 amide bonds. The summed E-state index contributed by atoms with van der Waals surface area (Å²) < 4.78 is 5.69. The topological polar surface area (TPSA) is 29.5 Å². The maximum atomic E-state index is 9.13. The second-order valence-electron chi connectivity index (χ2n) is 4.08. The van der Waals surface area contributed by atoms with Gasteiger partial charge in [-0.15, -0.1) is 0 Å². The van der Waals surface area contributed by atoms with E-state index in [1.54, 1.807) is 0 Å². The van der Waals surface area contributed by atoms with Gasteiger partial charge >= 0.3 is 0 Å². The van der Waals surface area contributed by atoms with Crippen LogP contribution in [0.25, 0.3) is 0 Å². The Hall–Kier alpha value is -1.28. The highest BCUT2D eigenvalue weighted by molar-refractivity contribution is 5.13. The maximum absolute atomic E-state index is 9.13. The SMILES string of the molecule is C=C(O)C1CC(OCc2ccccc2)C1. The van der Waals surface area contributed by atoms with Crippen molar-refractivity contribution in [2.45, 2.75) is 25.6 Å². The summed E-state index contributed by atoms with van der Waals surface area (Å²) in [4.78, 5) is 0. The lowest BCUT2D eigenvalue weighted by Gasteiger charge is -2.34. The molecule has 0 radical (unpaired) electrons. The molecule has 1 N–H and O–H groups in total. The Morgan fingerprint density at radius 3 is 2.60 bits per heavy atom. The van der Waals surface area contributed by atoms with E-state index in [4.69, 9.17) is 9.84 Å². The number of aliphatic hydroxyl groups excluding tert-OH is 1. The summed E-state index contributed by atoms with van der Waals surface area (Å²) >= 11 is 0. The van der Waals surface area contributed by atoms with Gasteiger partial charge < -0.3 is 9.84 Å². The van der Waals surface area contributed by atoms with Gasteiger partial charge in [-0.1, -0.05) is 36.9 Å². The molecule has 1 saturated carbocycles. The van der Waals surface area contributed by atoms with E-state index in [2.05, 4.69) is 18.7 Å². The van der Waals surface area contributed by atoms with Crippen molar-refractivity contribution in [3.8, 4) is 0 Å². The second-order valence-corrected chi connectivity index (χ2v) is 4.08. The summed E-state index contributed by atoms with van der Waals surface area (Å²) in [5.41, 5.74) is 1.20. The van der Waals surface area contributed by atoms with Gasteiger partial charge in [0.15, 0.2) is 0 Å². The lowest BCUT2D eigenvalue weighted by molar-refractivity contribution is -0.0391. The first-order valence-electron chi connectivity index (χ1n) is 5.29. The molecule has 1 aromatic rings. The Labute approximate surface area is 90.2 Å². The zero-order chi connectivity index (χ0) is 10.7. The highest BCUT2D eigenvalue weighted by Crippen LogP contribution is 2.34. The van der Waals surface area contributed by atoms with Gasteiger partial charge in [0.05, 0.1) is 18.5 Å². The molecule has 0 unspecified atom stereocenters. The van der Waals surface area contributed by atoms with Crippen molar-refractivity contribution in [2.75, 3.05) is 0 Å². The van der Waals surface area contributed by atoms with E-state index in [0.29, 0.717) is 18.5 Å². The van der Waals surface area contributed by atoms with Crippen molar-refractivity contribution in [2.24, 2.45) is 5.92 Å². The fraction of sp³-hybridized carbons (Fsp3) is 0.385.